The summed E-state index contributed by atoms with van der Waals surface area (Å²) in [6, 6.07) is 11.2. The van der Waals surface area contributed by atoms with E-state index in [0.717, 1.165) is 25.6 Å². The zero-order valence-corrected chi connectivity index (χ0v) is 16.8. The number of hydrogen-bond donors (Lipinski definition) is 2. The Bertz CT molecular complexity index is 420. The summed E-state index contributed by atoms with van der Waals surface area (Å²) in [7, 11) is 2.13. The van der Waals surface area contributed by atoms with Crippen LogP contribution in [0.4, 0.5) is 0 Å². The van der Waals surface area contributed by atoms with Gasteiger partial charge < -0.3 is 15.5 Å². The Morgan fingerprint density at radius 2 is 1.82 bits per heavy atom. The highest BCUT2D eigenvalue weighted by Crippen LogP contribution is 2.10. The second-order valence-electron chi connectivity index (χ2n) is 5.61. The van der Waals surface area contributed by atoms with E-state index in [1.807, 2.05) is 6.07 Å². The van der Waals surface area contributed by atoms with E-state index in [4.69, 9.17) is 0 Å². The molecule has 22 heavy (non-hydrogen) atoms. The van der Waals surface area contributed by atoms with Crippen LogP contribution in [0.2, 0.25) is 0 Å². The van der Waals surface area contributed by atoms with Crippen molar-refractivity contribution in [3.05, 3.63) is 35.9 Å². The van der Waals surface area contributed by atoms with Crippen LogP contribution in [0, 0.1) is 0 Å². The minimum atomic E-state index is 0. The van der Waals surface area contributed by atoms with E-state index in [2.05, 4.69) is 79.5 Å². The van der Waals surface area contributed by atoms with Crippen molar-refractivity contribution in [2.45, 2.75) is 39.8 Å². The average molecular weight is 418 g/mol. The van der Waals surface area contributed by atoms with Crippen molar-refractivity contribution in [1.29, 1.82) is 0 Å². The number of rotatable bonds is 7. The minimum Gasteiger partial charge on any atom is -0.357 e. The van der Waals surface area contributed by atoms with E-state index in [9.17, 15) is 0 Å². The first-order valence-corrected chi connectivity index (χ1v) is 7.84. The lowest BCUT2D eigenvalue weighted by Crippen LogP contribution is -2.39. The Kier molecular flexibility index (Phi) is 11.3. The average Bonchev–Trinajstić information content (AvgIpc) is 2.48. The molecule has 0 aromatic heterocycles. The summed E-state index contributed by atoms with van der Waals surface area (Å²) >= 11 is 0. The quantitative estimate of drug-likeness (QED) is 0.406. The van der Waals surface area contributed by atoms with Gasteiger partial charge in [0.25, 0.3) is 0 Å². The van der Waals surface area contributed by atoms with Crippen LogP contribution >= 0.6 is 24.0 Å². The molecule has 1 unspecified atom stereocenters. The Morgan fingerprint density at radius 1 is 1.18 bits per heavy atom. The largest absolute Gasteiger partial charge is 0.357 e. The zero-order chi connectivity index (χ0) is 15.7. The maximum Gasteiger partial charge on any atom is 0.191 e. The summed E-state index contributed by atoms with van der Waals surface area (Å²) in [5.74, 6) is 0.881. The molecule has 0 saturated heterocycles. The third kappa shape index (κ3) is 7.98. The molecule has 1 aromatic carbocycles. The lowest BCUT2D eigenvalue weighted by atomic mass is 10.1. The Labute approximate surface area is 152 Å². The molecule has 0 aliphatic rings. The van der Waals surface area contributed by atoms with Gasteiger partial charge in [0.1, 0.15) is 0 Å². The van der Waals surface area contributed by atoms with Gasteiger partial charge in [0, 0.05) is 19.1 Å². The Hall–Kier alpha value is -0.820. The number of benzene rings is 1. The predicted molar refractivity (Wildman–Crippen MR) is 107 cm³/mol. The van der Waals surface area contributed by atoms with Gasteiger partial charge in [-0.2, -0.15) is 0 Å². The van der Waals surface area contributed by atoms with Gasteiger partial charge in [-0.3, -0.25) is 4.99 Å². The van der Waals surface area contributed by atoms with Crippen LogP contribution < -0.4 is 10.6 Å². The molecule has 0 spiro atoms. The fourth-order valence-electron chi connectivity index (χ4n) is 1.93. The van der Waals surface area contributed by atoms with E-state index in [0.29, 0.717) is 6.04 Å². The van der Waals surface area contributed by atoms with Gasteiger partial charge in [-0.05, 0) is 40.3 Å². The molecular formula is C17H31IN4. The fraction of sp³-hybridized carbons (Fsp3) is 0.588. The van der Waals surface area contributed by atoms with Crippen LogP contribution in [0.1, 0.15) is 39.3 Å². The lowest BCUT2D eigenvalue weighted by Gasteiger charge is -2.21. The van der Waals surface area contributed by atoms with Crippen LogP contribution in [-0.4, -0.2) is 43.6 Å². The van der Waals surface area contributed by atoms with Gasteiger partial charge in [0.05, 0.1) is 12.6 Å². The van der Waals surface area contributed by atoms with Gasteiger partial charge in [0.2, 0.25) is 0 Å². The number of hydrogen-bond acceptors (Lipinski definition) is 2. The molecule has 0 saturated carbocycles. The summed E-state index contributed by atoms with van der Waals surface area (Å²) in [6.07, 6.45) is 0. The number of likely N-dealkylation sites (N-methyl/N-ethyl adjacent to an activating group) is 1. The van der Waals surface area contributed by atoms with Crippen molar-refractivity contribution < 1.29 is 0 Å². The SMILES string of the molecule is CCNC(=NCCN(C)C(C)C)NC(C)c1ccccc1.I. The number of halogens is 1. The Morgan fingerprint density at radius 3 is 2.36 bits per heavy atom. The minimum absolute atomic E-state index is 0. The van der Waals surface area contributed by atoms with Crippen LogP contribution in [0.5, 0.6) is 0 Å². The topological polar surface area (TPSA) is 39.7 Å². The molecule has 4 nitrogen and oxygen atoms in total. The zero-order valence-electron chi connectivity index (χ0n) is 14.5. The number of guanidine groups is 1. The first kappa shape index (κ1) is 21.2. The van der Waals surface area contributed by atoms with Gasteiger partial charge >= 0.3 is 0 Å². The third-order valence-corrected chi connectivity index (χ3v) is 3.60. The summed E-state index contributed by atoms with van der Waals surface area (Å²) in [5.41, 5.74) is 1.27. The highest BCUT2D eigenvalue weighted by atomic mass is 127. The molecule has 5 heteroatoms. The lowest BCUT2D eigenvalue weighted by molar-refractivity contribution is 0.282. The number of nitrogens with one attached hydrogen (secondary N) is 2. The summed E-state index contributed by atoms with van der Waals surface area (Å²) in [6.45, 7) is 11.3. The van der Waals surface area contributed by atoms with Crippen LogP contribution in [0.15, 0.2) is 35.3 Å². The van der Waals surface area contributed by atoms with E-state index in [-0.39, 0.29) is 30.0 Å². The molecule has 0 heterocycles. The smallest absolute Gasteiger partial charge is 0.191 e. The van der Waals surface area contributed by atoms with Gasteiger partial charge in [-0.15, -0.1) is 24.0 Å². The first-order chi connectivity index (χ1) is 10.0. The van der Waals surface area contributed by atoms with Crippen molar-refractivity contribution in [3.8, 4) is 0 Å². The molecule has 0 aliphatic carbocycles. The summed E-state index contributed by atoms with van der Waals surface area (Å²) in [4.78, 5) is 6.95. The molecule has 0 bridgehead atoms. The van der Waals surface area contributed by atoms with Crippen LogP contribution in [0.25, 0.3) is 0 Å². The van der Waals surface area contributed by atoms with Gasteiger partial charge in [0.15, 0.2) is 5.96 Å². The Balaban J connectivity index is 0.00000441. The maximum absolute atomic E-state index is 4.65. The molecule has 0 fully saturated rings. The summed E-state index contributed by atoms with van der Waals surface area (Å²) < 4.78 is 0. The van der Waals surface area contributed by atoms with Gasteiger partial charge in [-0.25, -0.2) is 0 Å². The van der Waals surface area contributed by atoms with E-state index in [1.54, 1.807) is 0 Å². The van der Waals surface area contributed by atoms with Crippen molar-refractivity contribution >= 4 is 29.9 Å². The van der Waals surface area contributed by atoms with Crippen molar-refractivity contribution in [2.75, 3.05) is 26.7 Å². The van der Waals surface area contributed by atoms with Crippen LogP contribution in [-0.2, 0) is 0 Å². The second-order valence-corrected chi connectivity index (χ2v) is 5.61. The van der Waals surface area contributed by atoms with Gasteiger partial charge in [-0.1, -0.05) is 30.3 Å². The van der Waals surface area contributed by atoms with E-state index < -0.39 is 0 Å². The molecule has 0 aliphatic heterocycles. The highest BCUT2D eigenvalue weighted by molar-refractivity contribution is 14.0. The molecule has 1 rings (SSSR count). The molecule has 2 N–H and O–H groups in total. The van der Waals surface area contributed by atoms with E-state index >= 15 is 0 Å². The van der Waals surface area contributed by atoms with Crippen molar-refractivity contribution in [2.24, 2.45) is 4.99 Å². The molecule has 1 aromatic rings. The normalized spacial score (nSPS) is 13.0. The number of aliphatic imine (C=N–C) groups is 1. The standard InChI is InChI=1S/C17H30N4.HI/c1-6-18-17(19-12-13-21(5)14(2)3)20-15(4)16-10-8-7-9-11-16;/h7-11,14-15H,6,12-13H2,1-5H3,(H2,18,19,20);1H. The molecule has 0 radical (unpaired) electrons. The fourth-order valence-corrected chi connectivity index (χ4v) is 1.93. The molecule has 1 atom stereocenters. The molecular weight excluding hydrogens is 387 g/mol. The molecule has 126 valence electrons. The highest BCUT2D eigenvalue weighted by Gasteiger charge is 2.07. The van der Waals surface area contributed by atoms with Crippen molar-refractivity contribution in [3.63, 3.8) is 0 Å². The van der Waals surface area contributed by atoms with E-state index in [1.165, 1.54) is 5.56 Å². The monoisotopic (exact) mass is 418 g/mol. The predicted octanol–water partition coefficient (Wildman–Crippen LogP) is 3.26. The van der Waals surface area contributed by atoms with Crippen LogP contribution in [0.3, 0.4) is 0 Å². The maximum atomic E-state index is 4.65. The third-order valence-electron chi connectivity index (χ3n) is 3.60. The molecule has 0 amide bonds. The first-order valence-electron chi connectivity index (χ1n) is 7.84. The summed E-state index contributed by atoms with van der Waals surface area (Å²) in [5, 5.41) is 6.76. The second kappa shape index (κ2) is 11.7. The van der Waals surface area contributed by atoms with Crippen molar-refractivity contribution in [1.82, 2.24) is 15.5 Å². The number of nitrogens with zero attached hydrogens (tertiary/aromatic N) is 2.